The molecule has 0 fully saturated rings. The first-order valence-electron chi connectivity index (χ1n) is 10.9. The number of nitrogens with zero attached hydrogens (tertiary/aromatic N) is 3. The van der Waals surface area contributed by atoms with E-state index in [0.29, 0.717) is 11.5 Å². The second-order valence-electron chi connectivity index (χ2n) is 8.36. The molecule has 0 amide bonds. The Labute approximate surface area is 199 Å². The first kappa shape index (κ1) is 24.2. The first-order valence-corrected chi connectivity index (χ1v) is 12.7. The van der Waals surface area contributed by atoms with Crippen LogP contribution in [-0.4, -0.2) is 45.5 Å². The number of aryl methyl sites for hydroxylation is 1. The summed E-state index contributed by atoms with van der Waals surface area (Å²) < 4.78 is 40.0. The molecule has 1 aliphatic carbocycles. The molecule has 0 radical (unpaired) electrons. The molecule has 0 aliphatic heterocycles. The van der Waals surface area contributed by atoms with Gasteiger partial charge in [0, 0.05) is 17.7 Å². The predicted octanol–water partition coefficient (Wildman–Crippen LogP) is 6.72. The number of halogens is 3. The van der Waals surface area contributed by atoms with Crippen molar-refractivity contribution < 1.29 is 18.4 Å². The van der Waals surface area contributed by atoms with Crippen LogP contribution in [0.1, 0.15) is 41.8 Å². The molecule has 0 unspecified atom stereocenters. The smallest absolute Gasteiger partial charge is 0.314 e. The van der Waals surface area contributed by atoms with Gasteiger partial charge in [-0.25, -0.2) is 0 Å². The number of rotatable bonds is 10. The first-order chi connectivity index (χ1) is 15.8. The largest absolute Gasteiger partial charge is 0.403 e. The predicted molar refractivity (Wildman–Crippen MR) is 126 cm³/mol. The van der Waals surface area contributed by atoms with Crippen molar-refractivity contribution in [3.8, 4) is 11.1 Å². The zero-order chi connectivity index (χ0) is 23.5. The normalized spacial score (nSPS) is 14.5. The highest BCUT2D eigenvalue weighted by Gasteiger charge is 2.45. The van der Waals surface area contributed by atoms with Gasteiger partial charge in [0.2, 0.25) is 0 Å². The van der Waals surface area contributed by atoms with E-state index in [9.17, 15) is 18.4 Å². The molecule has 0 atom stereocenters. The monoisotopic (exact) mass is 493 g/mol. The zero-order valence-corrected chi connectivity index (χ0v) is 19.9. The Kier molecular flexibility index (Phi) is 7.43. The van der Waals surface area contributed by atoms with Crippen molar-refractivity contribution in [1.82, 2.24) is 15.3 Å². The van der Waals surface area contributed by atoms with Crippen LogP contribution in [-0.2, 0) is 5.41 Å². The number of thioether (sulfide) groups is 1. The van der Waals surface area contributed by atoms with Crippen molar-refractivity contribution in [3.05, 3.63) is 64.7 Å². The van der Waals surface area contributed by atoms with E-state index in [1.165, 1.54) is 0 Å². The number of unbranched alkanes of at least 4 members (excludes halogenated alkanes) is 2. The van der Waals surface area contributed by atoms with E-state index in [1.807, 2.05) is 55.5 Å². The van der Waals surface area contributed by atoms with Gasteiger partial charge in [-0.2, -0.15) is 18.2 Å². The van der Waals surface area contributed by atoms with Gasteiger partial charge >= 0.3 is 6.18 Å². The minimum Gasteiger partial charge on any atom is -0.314 e. The lowest BCUT2D eigenvalue weighted by molar-refractivity contribution is -0.212. The number of alkyl halides is 3. The van der Waals surface area contributed by atoms with Gasteiger partial charge in [-0.05, 0) is 42.0 Å². The molecule has 1 N–H and O–H groups in total. The van der Waals surface area contributed by atoms with Crippen molar-refractivity contribution in [2.45, 2.75) is 48.5 Å². The fourth-order valence-corrected chi connectivity index (χ4v) is 6.60. The summed E-state index contributed by atoms with van der Waals surface area (Å²) >= 11 is 3.27. The maximum atomic E-state index is 13.0. The van der Waals surface area contributed by atoms with Crippen LogP contribution in [0.25, 0.3) is 11.1 Å². The standard InChI is InChI=1S/C24H26F3N3OS2/c1-17-28-29-22(33-17)32-14-8-2-7-13-23(15-30(31)16-24(25,26)27)20-11-5-3-9-18(20)19-10-4-6-12-21(19)23/h3-6,9-12,31H,2,7-8,13-16H2,1H3. The fourth-order valence-electron chi connectivity index (χ4n) is 4.71. The SMILES string of the molecule is Cc1nnc(SCCCCCC2(CN(O)CC(F)(F)F)c3ccccc3-c3ccccc32)s1. The fraction of sp³-hybridized carbons (Fsp3) is 0.417. The molecule has 0 spiro atoms. The van der Waals surface area contributed by atoms with Crippen LogP contribution in [0.2, 0.25) is 0 Å². The summed E-state index contributed by atoms with van der Waals surface area (Å²) in [4.78, 5) is 0. The van der Waals surface area contributed by atoms with E-state index in [1.54, 1.807) is 23.1 Å². The van der Waals surface area contributed by atoms with Gasteiger partial charge in [0.05, 0.1) is 0 Å². The second-order valence-corrected chi connectivity index (χ2v) is 10.9. The van der Waals surface area contributed by atoms with Crippen molar-refractivity contribution in [2.24, 2.45) is 0 Å². The number of hydroxylamine groups is 2. The number of benzene rings is 2. The van der Waals surface area contributed by atoms with Gasteiger partial charge in [-0.1, -0.05) is 84.5 Å². The molecule has 176 valence electrons. The summed E-state index contributed by atoms with van der Waals surface area (Å²) in [5.41, 5.74) is 3.38. The van der Waals surface area contributed by atoms with Crippen LogP contribution in [0.3, 0.4) is 0 Å². The molecule has 0 saturated heterocycles. The highest BCUT2D eigenvalue weighted by atomic mass is 32.2. The number of aromatic nitrogens is 2. The summed E-state index contributed by atoms with van der Waals surface area (Å²) in [5.74, 6) is 0.926. The Morgan fingerprint density at radius 3 is 2.18 bits per heavy atom. The molecule has 0 bridgehead atoms. The maximum Gasteiger partial charge on any atom is 0.403 e. The van der Waals surface area contributed by atoms with Crippen LogP contribution >= 0.6 is 23.1 Å². The molecule has 1 heterocycles. The van der Waals surface area contributed by atoms with Gasteiger partial charge in [-0.3, -0.25) is 0 Å². The van der Waals surface area contributed by atoms with E-state index >= 15 is 0 Å². The molecule has 2 aromatic carbocycles. The van der Waals surface area contributed by atoms with E-state index in [0.717, 1.165) is 56.6 Å². The van der Waals surface area contributed by atoms with E-state index in [4.69, 9.17) is 0 Å². The lowest BCUT2D eigenvalue weighted by Gasteiger charge is -2.35. The van der Waals surface area contributed by atoms with Gasteiger partial charge in [0.25, 0.3) is 0 Å². The van der Waals surface area contributed by atoms with Gasteiger partial charge in [0.15, 0.2) is 4.34 Å². The molecule has 4 nitrogen and oxygen atoms in total. The molecule has 4 rings (SSSR count). The molecule has 9 heteroatoms. The minimum atomic E-state index is -4.46. The van der Waals surface area contributed by atoms with Crippen LogP contribution in [0.15, 0.2) is 52.9 Å². The average molecular weight is 494 g/mol. The lowest BCUT2D eigenvalue weighted by atomic mass is 9.74. The Morgan fingerprint density at radius 1 is 0.970 bits per heavy atom. The van der Waals surface area contributed by atoms with E-state index < -0.39 is 18.1 Å². The van der Waals surface area contributed by atoms with Crippen molar-refractivity contribution in [2.75, 3.05) is 18.8 Å². The van der Waals surface area contributed by atoms with Gasteiger partial charge in [0.1, 0.15) is 11.6 Å². The third-order valence-corrected chi connectivity index (χ3v) is 8.03. The quantitative estimate of drug-likeness (QED) is 0.193. The summed E-state index contributed by atoms with van der Waals surface area (Å²) in [6, 6.07) is 15.8. The molecule has 33 heavy (non-hydrogen) atoms. The molecule has 3 aromatic rings. The Morgan fingerprint density at radius 2 is 1.61 bits per heavy atom. The summed E-state index contributed by atoms with van der Waals surface area (Å²) in [7, 11) is 0. The van der Waals surface area contributed by atoms with Crippen LogP contribution < -0.4 is 0 Å². The molecule has 1 aliphatic rings. The van der Waals surface area contributed by atoms with Crippen LogP contribution in [0.4, 0.5) is 13.2 Å². The van der Waals surface area contributed by atoms with Crippen molar-refractivity contribution in [1.29, 1.82) is 0 Å². The number of hydrogen-bond acceptors (Lipinski definition) is 6. The second kappa shape index (κ2) is 10.1. The average Bonchev–Trinajstić information content (AvgIpc) is 3.29. The van der Waals surface area contributed by atoms with Crippen molar-refractivity contribution in [3.63, 3.8) is 0 Å². The zero-order valence-electron chi connectivity index (χ0n) is 18.3. The Balaban J connectivity index is 1.50. The Bertz CT molecular complexity index is 1040. The summed E-state index contributed by atoms with van der Waals surface area (Å²) in [6.07, 6.45) is -1.03. The highest BCUT2D eigenvalue weighted by molar-refractivity contribution is 8.01. The molecular weight excluding hydrogens is 467 g/mol. The third kappa shape index (κ3) is 5.59. The van der Waals surface area contributed by atoms with Gasteiger partial charge < -0.3 is 5.21 Å². The van der Waals surface area contributed by atoms with Crippen molar-refractivity contribution >= 4 is 23.1 Å². The number of fused-ring (bicyclic) bond motifs is 3. The third-order valence-electron chi connectivity index (χ3n) is 5.97. The van der Waals surface area contributed by atoms with E-state index in [2.05, 4.69) is 10.2 Å². The van der Waals surface area contributed by atoms with Crippen LogP contribution in [0, 0.1) is 6.92 Å². The summed E-state index contributed by atoms with van der Waals surface area (Å²) in [6.45, 7) is 0.484. The topological polar surface area (TPSA) is 49.2 Å². The van der Waals surface area contributed by atoms with Gasteiger partial charge in [-0.15, -0.1) is 10.2 Å². The highest BCUT2D eigenvalue weighted by Crippen LogP contribution is 2.51. The van der Waals surface area contributed by atoms with E-state index in [-0.39, 0.29) is 6.54 Å². The molecule has 1 aromatic heterocycles. The summed E-state index contributed by atoms with van der Waals surface area (Å²) in [5, 5.41) is 19.9. The molecular formula is C24H26F3N3OS2. The maximum absolute atomic E-state index is 13.0. The van der Waals surface area contributed by atoms with Crippen LogP contribution in [0.5, 0.6) is 0 Å². The lowest BCUT2D eigenvalue weighted by Crippen LogP contribution is -2.43. The minimum absolute atomic E-state index is 0.0979. The number of hydrogen-bond donors (Lipinski definition) is 1. The Hall–Kier alpha value is -1.94. The molecule has 0 saturated carbocycles.